The van der Waals surface area contributed by atoms with Crippen LogP contribution in [-0.2, 0) is 11.2 Å². The smallest absolute Gasteiger partial charge is 0.141 e. The number of thiophene rings is 1. The highest BCUT2D eigenvalue weighted by atomic mass is 32.1. The molecule has 1 aliphatic rings. The second kappa shape index (κ2) is 5.54. The summed E-state index contributed by atoms with van der Waals surface area (Å²) in [4.78, 5) is 14.4. The Morgan fingerprint density at radius 3 is 2.48 bits per heavy atom. The molecule has 2 unspecified atom stereocenters. The zero-order valence-corrected chi connectivity index (χ0v) is 14.3. The van der Waals surface area contributed by atoms with Crippen LogP contribution in [0.2, 0.25) is 0 Å². The van der Waals surface area contributed by atoms with Gasteiger partial charge in [0, 0.05) is 24.4 Å². The Bertz CT molecular complexity index is 657. The molecule has 0 N–H and O–H groups in total. The number of hydrogen-bond donors (Lipinski definition) is 0. The molecule has 2 aromatic heterocycles. The summed E-state index contributed by atoms with van der Waals surface area (Å²) in [5.74, 6) is 2.03. The van der Waals surface area contributed by atoms with E-state index in [4.69, 9.17) is 14.7 Å². The Morgan fingerprint density at radius 2 is 1.86 bits per heavy atom. The van der Waals surface area contributed by atoms with Crippen molar-refractivity contribution in [1.29, 1.82) is 0 Å². The van der Waals surface area contributed by atoms with E-state index >= 15 is 0 Å². The van der Waals surface area contributed by atoms with E-state index in [0.29, 0.717) is 0 Å². The average Bonchev–Trinajstić information content (AvgIpc) is 2.72. The Labute approximate surface area is 130 Å². The minimum atomic E-state index is 0.240. The van der Waals surface area contributed by atoms with Gasteiger partial charge in [-0.2, -0.15) is 0 Å². The van der Waals surface area contributed by atoms with Crippen molar-refractivity contribution in [2.24, 2.45) is 0 Å². The predicted molar refractivity (Wildman–Crippen MR) is 88.5 cm³/mol. The molecule has 2 atom stereocenters. The predicted octanol–water partition coefficient (Wildman–Crippen LogP) is 3.48. The van der Waals surface area contributed by atoms with Gasteiger partial charge >= 0.3 is 0 Å². The number of anilines is 1. The number of rotatable bonds is 2. The molecule has 0 amide bonds. The van der Waals surface area contributed by atoms with Crippen LogP contribution in [0.5, 0.6) is 0 Å². The molecule has 4 nitrogen and oxygen atoms in total. The van der Waals surface area contributed by atoms with Gasteiger partial charge in [-0.15, -0.1) is 11.3 Å². The van der Waals surface area contributed by atoms with Crippen LogP contribution in [0.25, 0.3) is 10.2 Å². The van der Waals surface area contributed by atoms with Gasteiger partial charge in [0.05, 0.1) is 17.6 Å². The molecule has 5 heteroatoms. The fourth-order valence-electron chi connectivity index (χ4n) is 3.01. The molecule has 0 spiro atoms. The Balaban J connectivity index is 2.15. The fraction of sp³-hybridized carbons (Fsp3) is 0.625. The molecule has 3 rings (SSSR count). The van der Waals surface area contributed by atoms with Gasteiger partial charge in [0.1, 0.15) is 16.5 Å². The monoisotopic (exact) mass is 305 g/mol. The highest BCUT2D eigenvalue weighted by Crippen LogP contribution is 2.35. The van der Waals surface area contributed by atoms with Crippen LogP contribution in [0.4, 0.5) is 5.82 Å². The van der Waals surface area contributed by atoms with Gasteiger partial charge in [-0.05, 0) is 33.3 Å². The lowest BCUT2D eigenvalue weighted by atomic mass is 10.1. The molecule has 0 saturated carbocycles. The molecule has 1 aliphatic heterocycles. The number of morpholine rings is 1. The maximum atomic E-state index is 5.86. The van der Waals surface area contributed by atoms with Crippen LogP contribution in [0.15, 0.2) is 0 Å². The molecular weight excluding hydrogens is 282 g/mol. The van der Waals surface area contributed by atoms with Crippen LogP contribution in [0.1, 0.15) is 37.0 Å². The van der Waals surface area contributed by atoms with Gasteiger partial charge in [0.2, 0.25) is 0 Å². The van der Waals surface area contributed by atoms with E-state index < -0.39 is 0 Å². The van der Waals surface area contributed by atoms with Gasteiger partial charge in [-0.1, -0.05) is 6.92 Å². The van der Waals surface area contributed by atoms with E-state index in [-0.39, 0.29) is 12.2 Å². The number of aromatic nitrogens is 2. The third-order valence-corrected chi connectivity index (χ3v) is 5.19. The maximum Gasteiger partial charge on any atom is 0.141 e. The van der Waals surface area contributed by atoms with E-state index in [9.17, 15) is 0 Å². The standard InChI is InChI=1S/C16H23N3OS/c1-6-13-17-15(19-7-9(2)20-10(3)8-19)14-11(4)12(5)21-16(14)18-13/h9-10H,6-8H2,1-5H3. The van der Waals surface area contributed by atoms with Crippen molar-refractivity contribution < 1.29 is 4.74 Å². The first kappa shape index (κ1) is 14.7. The van der Waals surface area contributed by atoms with Crippen molar-refractivity contribution in [3.8, 4) is 0 Å². The average molecular weight is 305 g/mol. The summed E-state index contributed by atoms with van der Waals surface area (Å²) < 4.78 is 5.86. The Morgan fingerprint density at radius 1 is 1.19 bits per heavy atom. The number of fused-ring (bicyclic) bond motifs is 1. The van der Waals surface area contributed by atoms with Crippen LogP contribution in [0, 0.1) is 13.8 Å². The minimum Gasteiger partial charge on any atom is -0.372 e. The van der Waals surface area contributed by atoms with E-state index in [1.807, 2.05) is 0 Å². The minimum absolute atomic E-state index is 0.240. The molecule has 1 fully saturated rings. The maximum absolute atomic E-state index is 5.86. The Hall–Kier alpha value is -1.20. The van der Waals surface area contributed by atoms with Gasteiger partial charge < -0.3 is 9.64 Å². The number of hydrogen-bond acceptors (Lipinski definition) is 5. The molecule has 1 saturated heterocycles. The summed E-state index contributed by atoms with van der Waals surface area (Å²) in [5.41, 5.74) is 1.32. The van der Waals surface area contributed by atoms with Gasteiger partial charge in [-0.3, -0.25) is 0 Å². The lowest BCUT2D eigenvalue weighted by Gasteiger charge is -2.36. The molecular formula is C16H23N3OS. The van der Waals surface area contributed by atoms with E-state index in [1.54, 1.807) is 11.3 Å². The van der Waals surface area contributed by atoms with Gasteiger partial charge in [-0.25, -0.2) is 9.97 Å². The summed E-state index contributed by atoms with van der Waals surface area (Å²) in [6.07, 6.45) is 1.35. The lowest BCUT2D eigenvalue weighted by molar-refractivity contribution is -0.00538. The number of ether oxygens (including phenoxy) is 1. The highest BCUT2D eigenvalue weighted by molar-refractivity contribution is 7.18. The Kier molecular flexibility index (Phi) is 3.88. The summed E-state index contributed by atoms with van der Waals surface area (Å²) in [7, 11) is 0. The number of aryl methyl sites for hydroxylation is 3. The largest absolute Gasteiger partial charge is 0.372 e. The molecule has 0 aromatic carbocycles. The fourth-order valence-corrected chi connectivity index (χ4v) is 4.05. The number of nitrogens with zero attached hydrogens (tertiary/aromatic N) is 3. The van der Waals surface area contributed by atoms with Crippen LogP contribution < -0.4 is 4.90 Å². The molecule has 0 bridgehead atoms. The van der Waals surface area contributed by atoms with Crippen molar-refractivity contribution in [2.75, 3.05) is 18.0 Å². The first-order valence-electron chi connectivity index (χ1n) is 7.66. The van der Waals surface area contributed by atoms with Crippen molar-refractivity contribution >= 4 is 27.4 Å². The summed E-state index contributed by atoms with van der Waals surface area (Å²) in [6.45, 7) is 12.5. The van der Waals surface area contributed by atoms with Crippen molar-refractivity contribution in [1.82, 2.24) is 9.97 Å². The van der Waals surface area contributed by atoms with E-state index in [2.05, 4.69) is 39.5 Å². The van der Waals surface area contributed by atoms with Crippen molar-refractivity contribution in [3.05, 3.63) is 16.3 Å². The molecule has 0 radical (unpaired) electrons. The summed E-state index contributed by atoms with van der Waals surface area (Å²) >= 11 is 1.78. The van der Waals surface area contributed by atoms with E-state index in [1.165, 1.54) is 15.8 Å². The third kappa shape index (κ3) is 2.64. The van der Waals surface area contributed by atoms with Crippen molar-refractivity contribution in [2.45, 2.75) is 53.2 Å². The lowest BCUT2D eigenvalue weighted by Crippen LogP contribution is -2.46. The third-order valence-electron chi connectivity index (χ3n) is 4.09. The first-order chi connectivity index (χ1) is 9.99. The van der Waals surface area contributed by atoms with Crippen LogP contribution in [-0.4, -0.2) is 35.3 Å². The highest BCUT2D eigenvalue weighted by Gasteiger charge is 2.26. The molecule has 21 heavy (non-hydrogen) atoms. The molecule has 0 aliphatic carbocycles. The quantitative estimate of drug-likeness (QED) is 0.851. The van der Waals surface area contributed by atoms with Crippen LogP contribution >= 0.6 is 11.3 Å². The first-order valence-corrected chi connectivity index (χ1v) is 8.48. The molecule has 3 heterocycles. The summed E-state index contributed by atoms with van der Waals surface area (Å²) in [6, 6.07) is 0. The zero-order valence-electron chi connectivity index (χ0n) is 13.4. The SMILES string of the molecule is CCc1nc(N2CC(C)OC(C)C2)c2c(C)c(C)sc2n1. The van der Waals surface area contributed by atoms with Crippen LogP contribution in [0.3, 0.4) is 0 Å². The zero-order chi connectivity index (χ0) is 15.1. The van der Waals surface area contributed by atoms with Gasteiger partial charge in [0.15, 0.2) is 0 Å². The second-order valence-electron chi connectivity index (χ2n) is 5.94. The van der Waals surface area contributed by atoms with E-state index in [0.717, 1.165) is 36.0 Å². The van der Waals surface area contributed by atoms with Gasteiger partial charge in [0.25, 0.3) is 0 Å². The topological polar surface area (TPSA) is 38.2 Å². The summed E-state index contributed by atoms with van der Waals surface area (Å²) in [5, 5.41) is 1.23. The second-order valence-corrected chi connectivity index (χ2v) is 7.15. The molecule has 2 aromatic rings. The normalized spacial score (nSPS) is 23.0. The van der Waals surface area contributed by atoms with Crippen molar-refractivity contribution in [3.63, 3.8) is 0 Å². The molecule has 114 valence electrons.